The minimum atomic E-state index is 0.273. The lowest BCUT2D eigenvalue weighted by molar-refractivity contribution is 0.0808. The molecule has 4 nitrogen and oxygen atoms in total. The van der Waals surface area contributed by atoms with Gasteiger partial charge in [0.2, 0.25) is 0 Å². The Balaban J connectivity index is 1.61. The molecule has 2 atom stereocenters. The fourth-order valence-electron chi connectivity index (χ4n) is 2.68. The number of nitrogens with one attached hydrogen (secondary N) is 1. The number of aryl methyl sites for hydroxylation is 1. The van der Waals surface area contributed by atoms with Crippen LogP contribution in [0.2, 0.25) is 0 Å². The molecule has 1 aromatic heterocycles. The van der Waals surface area contributed by atoms with Crippen molar-refractivity contribution in [3.05, 3.63) is 23.5 Å². The fraction of sp³-hybridized carbons (Fsp3) is 0.643. The summed E-state index contributed by atoms with van der Waals surface area (Å²) in [5, 5.41) is 13.3. The van der Waals surface area contributed by atoms with E-state index in [0.717, 1.165) is 30.3 Å². The minimum absolute atomic E-state index is 0.273. The van der Waals surface area contributed by atoms with Crippen LogP contribution >= 0.6 is 0 Å². The summed E-state index contributed by atoms with van der Waals surface area (Å²) in [4.78, 5) is 4.37. The van der Waals surface area contributed by atoms with E-state index in [1.807, 2.05) is 13.0 Å². The van der Waals surface area contributed by atoms with Gasteiger partial charge in [-0.15, -0.1) is 0 Å². The zero-order valence-corrected chi connectivity index (χ0v) is 10.7. The topological polar surface area (TPSA) is 54.4 Å². The number of aromatic hydroxyl groups is 1. The molecular formula is C14H20N2O2. The average molecular weight is 248 g/mol. The van der Waals surface area contributed by atoms with Gasteiger partial charge < -0.3 is 15.2 Å². The highest BCUT2D eigenvalue weighted by molar-refractivity contribution is 5.27. The first kappa shape index (κ1) is 11.9. The van der Waals surface area contributed by atoms with E-state index in [0.29, 0.717) is 18.7 Å². The number of pyridine rings is 1. The SMILES string of the molecule is Cc1ccc(O)c(CNC2CCOC2C2CC2)n1. The highest BCUT2D eigenvalue weighted by Gasteiger charge is 2.40. The molecule has 2 N–H and O–H groups in total. The lowest BCUT2D eigenvalue weighted by atomic mass is 10.1. The molecule has 0 radical (unpaired) electrons. The van der Waals surface area contributed by atoms with Crippen LogP contribution in [0.15, 0.2) is 12.1 Å². The summed E-state index contributed by atoms with van der Waals surface area (Å²) in [6, 6.07) is 3.95. The molecule has 2 aliphatic rings. The van der Waals surface area contributed by atoms with Gasteiger partial charge >= 0.3 is 0 Å². The van der Waals surface area contributed by atoms with Crippen LogP contribution in [0.5, 0.6) is 5.75 Å². The first-order valence-electron chi connectivity index (χ1n) is 6.74. The van der Waals surface area contributed by atoms with Gasteiger partial charge in [-0.3, -0.25) is 4.98 Å². The van der Waals surface area contributed by atoms with E-state index in [-0.39, 0.29) is 5.75 Å². The second-order valence-corrected chi connectivity index (χ2v) is 5.37. The van der Waals surface area contributed by atoms with Crippen LogP contribution in [0.1, 0.15) is 30.7 Å². The lowest BCUT2D eigenvalue weighted by Crippen LogP contribution is -2.37. The molecule has 2 unspecified atom stereocenters. The predicted molar refractivity (Wildman–Crippen MR) is 68.3 cm³/mol. The maximum Gasteiger partial charge on any atom is 0.138 e. The van der Waals surface area contributed by atoms with Crippen LogP contribution in [0, 0.1) is 12.8 Å². The van der Waals surface area contributed by atoms with Crippen LogP contribution < -0.4 is 5.32 Å². The van der Waals surface area contributed by atoms with E-state index >= 15 is 0 Å². The summed E-state index contributed by atoms with van der Waals surface area (Å²) >= 11 is 0. The third kappa shape index (κ3) is 2.49. The number of ether oxygens (including phenoxy) is 1. The van der Waals surface area contributed by atoms with Gasteiger partial charge in [0.05, 0.1) is 11.8 Å². The summed E-state index contributed by atoms with van der Waals surface area (Å²) in [7, 11) is 0. The first-order chi connectivity index (χ1) is 8.74. The third-order valence-corrected chi connectivity index (χ3v) is 3.84. The van der Waals surface area contributed by atoms with Gasteiger partial charge in [0.15, 0.2) is 0 Å². The van der Waals surface area contributed by atoms with Gasteiger partial charge in [-0.25, -0.2) is 0 Å². The fourth-order valence-corrected chi connectivity index (χ4v) is 2.68. The van der Waals surface area contributed by atoms with Crippen molar-refractivity contribution in [1.82, 2.24) is 10.3 Å². The maximum absolute atomic E-state index is 9.76. The van der Waals surface area contributed by atoms with Crippen LogP contribution in [0.3, 0.4) is 0 Å². The number of aromatic nitrogens is 1. The molecule has 1 saturated heterocycles. The molecule has 2 heterocycles. The van der Waals surface area contributed by atoms with Gasteiger partial charge in [-0.2, -0.15) is 0 Å². The molecule has 98 valence electrons. The van der Waals surface area contributed by atoms with Gasteiger partial charge in [0.1, 0.15) is 5.75 Å². The van der Waals surface area contributed by atoms with Gasteiger partial charge in [0.25, 0.3) is 0 Å². The Kier molecular flexibility index (Phi) is 3.22. The standard InChI is InChI=1S/C14H20N2O2/c1-9-2-5-13(17)12(16-9)8-15-11-6-7-18-14(11)10-3-4-10/h2,5,10-11,14-15,17H,3-4,6-8H2,1H3. The molecular weight excluding hydrogens is 228 g/mol. The molecule has 1 saturated carbocycles. The smallest absolute Gasteiger partial charge is 0.138 e. The monoisotopic (exact) mass is 248 g/mol. The number of hydrogen-bond acceptors (Lipinski definition) is 4. The van der Waals surface area contributed by atoms with Gasteiger partial charge in [-0.05, 0) is 44.2 Å². The molecule has 4 heteroatoms. The molecule has 1 aliphatic carbocycles. The van der Waals surface area contributed by atoms with E-state index in [1.165, 1.54) is 12.8 Å². The molecule has 2 fully saturated rings. The van der Waals surface area contributed by atoms with Gasteiger partial charge in [0, 0.05) is 24.9 Å². The Morgan fingerprint density at radius 1 is 1.39 bits per heavy atom. The Bertz CT molecular complexity index is 432. The normalized spacial score (nSPS) is 27.6. The Hall–Kier alpha value is -1.13. The van der Waals surface area contributed by atoms with Crippen molar-refractivity contribution < 1.29 is 9.84 Å². The second kappa shape index (κ2) is 4.86. The number of nitrogens with zero attached hydrogens (tertiary/aromatic N) is 1. The van der Waals surface area contributed by atoms with Crippen LogP contribution in [0.4, 0.5) is 0 Å². The first-order valence-corrected chi connectivity index (χ1v) is 6.74. The molecule has 0 bridgehead atoms. The van der Waals surface area contributed by atoms with Crippen molar-refractivity contribution in [1.29, 1.82) is 0 Å². The Labute approximate surface area is 107 Å². The minimum Gasteiger partial charge on any atom is -0.506 e. The largest absolute Gasteiger partial charge is 0.506 e. The van der Waals surface area contributed by atoms with E-state index in [1.54, 1.807) is 6.07 Å². The van der Waals surface area contributed by atoms with Crippen LogP contribution in [0.25, 0.3) is 0 Å². The Morgan fingerprint density at radius 3 is 3.00 bits per heavy atom. The molecule has 1 aromatic rings. The van der Waals surface area contributed by atoms with E-state index in [4.69, 9.17) is 4.74 Å². The molecule has 0 amide bonds. The zero-order valence-electron chi connectivity index (χ0n) is 10.7. The summed E-state index contributed by atoms with van der Waals surface area (Å²) < 4.78 is 5.79. The average Bonchev–Trinajstić information content (AvgIpc) is 3.10. The molecule has 18 heavy (non-hydrogen) atoms. The summed E-state index contributed by atoms with van der Waals surface area (Å²) in [6.07, 6.45) is 4.04. The van der Waals surface area contributed by atoms with Crippen molar-refractivity contribution in [3.63, 3.8) is 0 Å². The van der Waals surface area contributed by atoms with Crippen molar-refractivity contribution in [2.75, 3.05) is 6.61 Å². The highest BCUT2D eigenvalue weighted by atomic mass is 16.5. The van der Waals surface area contributed by atoms with Gasteiger partial charge in [-0.1, -0.05) is 0 Å². The van der Waals surface area contributed by atoms with Crippen molar-refractivity contribution in [2.24, 2.45) is 5.92 Å². The van der Waals surface area contributed by atoms with E-state index < -0.39 is 0 Å². The third-order valence-electron chi connectivity index (χ3n) is 3.84. The highest BCUT2D eigenvalue weighted by Crippen LogP contribution is 2.38. The van der Waals surface area contributed by atoms with Crippen molar-refractivity contribution >= 4 is 0 Å². The lowest BCUT2D eigenvalue weighted by Gasteiger charge is -2.19. The second-order valence-electron chi connectivity index (χ2n) is 5.37. The summed E-state index contributed by atoms with van der Waals surface area (Å²) in [6.45, 7) is 3.41. The molecule has 1 aliphatic heterocycles. The molecule has 0 aromatic carbocycles. The van der Waals surface area contributed by atoms with E-state index in [2.05, 4.69) is 10.3 Å². The van der Waals surface area contributed by atoms with E-state index in [9.17, 15) is 5.11 Å². The molecule has 3 rings (SSSR count). The predicted octanol–water partition coefficient (Wildman–Crippen LogP) is 1.75. The van der Waals surface area contributed by atoms with Crippen LogP contribution in [-0.4, -0.2) is 28.8 Å². The quantitative estimate of drug-likeness (QED) is 0.852. The Morgan fingerprint density at radius 2 is 2.22 bits per heavy atom. The molecule has 0 spiro atoms. The van der Waals surface area contributed by atoms with Crippen molar-refractivity contribution in [3.8, 4) is 5.75 Å². The number of hydrogen-bond donors (Lipinski definition) is 2. The summed E-state index contributed by atoms with van der Waals surface area (Å²) in [5.74, 6) is 1.03. The number of rotatable bonds is 4. The zero-order chi connectivity index (χ0) is 12.5. The maximum atomic E-state index is 9.76. The van der Waals surface area contributed by atoms with Crippen LogP contribution in [-0.2, 0) is 11.3 Å². The summed E-state index contributed by atoms with van der Waals surface area (Å²) in [5.41, 5.74) is 1.67. The van der Waals surface area contributed by atoms with Crippen molar-refractivity contribution in [2.45, 2.75) is 44.9 Å².